The molecule has 0 bridgehead atoms. The first kappa shape index (κ1) is 8.25. The van der Waals surface area contributed by atoms with E-state index in [-0.39, 0.29) is 17.5 Å². The maximum absolute atomic E-state index is 11.4. The Morgan fingerprint density at radius 3 is 3.08 bits per heavy atom. The molecule has 1 aliphatic heterocycles. The summed E-state index contributed by atoms with van der Waals surface area (Å²) in [6.45, 7) is 1.58. The third kappa shape index (κ3) is 1.55. The first-order valence-corrected chi connectivity index (χ1v) is 4.16. The molecule has 1 saturated heterocycles. The van der Waals surface area contributed by atoms with Gasteiger partial charge >= 0.3 is 5.56 Å². The summed E-state index contributed by atoms with van der Waals surface area (Å²) in [7, 11) is 1.68. The molecule has 2 rings (SSSR count). The van der Waals surface area contributed by atoms with Crippen molar-refractivity contribution in [3.05, 3.63) is 22.7 Å². The fraction of sp³-hybridized carbons (Fsp3) is 0.500. The van der Waals surface area contributed by atoms with Crippen LogP contribution in [-0.4, -0.2) is 28.7 Å². The van der Waals surface area contributed by atoms with E-state index >= 15 is 0 Å². The van der Waals surface area contributed by atoms with Crippen molar-refractivity contribution in [2.24, 2.45) is 7.05 Å². The van der Waals surface area contributed by atoms with Crippen LogP contribution in [0.25, 0.3) is 0 Å². The van der Waals surface area contributed by atoms with Crippen LogP contribution in [0.15, 0.2) is 17.2 Å². The molecule has 0 spiro atoms. The summed E-state index contributed by atoms with van der Waals surface area (Å²) in [6.07, 6.45) is 3.26. The highest BCUT2D eigenvalue weighted by Gasteiger charge is 2.20. The van der Waals surface area contributed by atoms with Crippen LogP contribution in [0.4, 0.5) is 0 Å². The Morgan fingerprint density at radius 1 is 1.69 bits per heavy atom. The lowest BCUT2D eigenvalue weighted by atomic mass is 10.2. The van der Waals surface area contributed by atoms with Gasteiger partial charge in [0, 0.05) is 32.5 Å². The molecule has 2 heterocycles. The second-order valence-electron chi connectivity index (χ2n) is 3.05. The van der Waals surface area contributed by atoms with Crippen LogP contribution in [0.1, 0.15) is 0 Å². The average Bonchev–Trinajstić information content (AvgIpc) is 2.04. The van der Waals surface area contributed by atoms with Gasteiger partial charge in [-0.25, -0.2) is 4.98 Å². The quantitative estimate of drug-likeness (QED) is 0.644. The second kappa shape index (κ2) is 3.18. The molecule has 1 fully saturated rings. The van der Waals surface area contributed by atoms with Gasteiger partial charge in [0.25, 0.3) is 5.88 Å². The monoisotopic (exact) mass is 181 g/mol. The van der Waals surface area contributed by atoms with Gasteiger partial charge < -0.3 is 14.6 Å². The molecule has 0 aliphatic carbocycles. The van der Waals surface area contributed by atoms with E-state index in [0.717, 1.165) is 13.1 Å². The van der Waals surface area contributed by atoms with Crippen molar-refractivity contribution < 1.29 is 4.74 Å². The van der Waals surface area contributed by atoms with Gasteiger partial charge in [-0.05, 0) is 0 Å². The topological polar surface area (TPSA) is 56.1 Å². The fourth-order valence-corrected chi connectivity index (χ4v) is 1.06. The summed E-state index contributed by atoms with van der Waals surface area (Å²) in [4.78, 5) is 15.3. The zero-order valence-corrected chi connectivity index (χ0v) is 7.36. The SMILES string of the molecule is Cn1ccnc(OC2CNC2)c1=O. The molecule has 0 aromatic carbocycles. The first-order chi connectivity index (χ1) is 6.27. The molecule has 1 aromatic rings. The van der Waals surface area contributed by atoms with Gasteiger partial charge in [-0.2, -0.15) is 0 Å². The van der Waals surface area contributed by atoms with E-state index in [1.54, 1.807) is 19.4 Å². The minimum Gasteiger partial charge on any atom is -0.468 e. The number of hydrogen-bond acceptors (Lipinski definition) is 4. The molecule has 1 aliphatic rings. The molecular formula is C8H11N3O2. The summed E-state index contributed by atoms with van der Waals surface area (Å²) >= 11 is 0. The molecule has 70 valence electrons. The molecule has 0 amide bonds. The summed E-state index contributed by atoms with van der Waals surface area (Å²) in [6, 6.07) is 0. The number of nitrogens with one attached hydrogen (secondary N) is 1. The summed E-state index contributed by atoms with van der Waals surface area (Å²) in [5.41, 5.74) is -0.186. The van der Waals surface area contributed by atoms with Crippen molar-refractivity contribution in [3.63, 3.8) is 0 Å². The summed E-state index contributed by atoms with van der Waals surface area (Å²) < 4.78 is 6.81. The number of nitrogens with zero attached hydrogens (tertiary/aromatic N) is 2. The number of rotatable bonds is 2. The van der Waals surface area contributed by atoms with Gasteiger partial charge in [-0.1, -0.05) is 0 Å². The van der Waals surface area contributed by atoms with Gasteiger partial charge in [0.1, 0.15) is 6.10 Å². The zero-order valence-electron chi connectivity index (χ0n) is 7.36. The van der Waals surface area contributed by atoms with E-state index in [1.807, 2.05) is 0 Å². The zero-order chi connectivity index (χ0) is 9.26. The van der Waals surface area contributed by atoms with Gasteiger partial charge in [0.05, 0.1) is 0 Å². The molecule has 0 atom stereocenters. The van der Waals surface area contributed by atoms with Crippen LogP contribution in [0.5, 0.6) is 5.88 Å². The Morgan fingerprint density at radius 2 is 2.46 bits per heavy atom. The van der Waals surface area contributed by atoms with Crippen LogP contribution in [0.3, 0.4) is 0 Å². The highest BCUT2D eigenvalue weighted by Crippen LogP contribution is 2.03. The Kier molecular flexibility index (Phi) is 2.02. The Bertz CT molecular complexity index is 357. The van der Waals surface area contributed by atoms with Crippen molar-refractivity contribution in [2.45, 2.75) is 6.10 Å². The summed E-state index contributed by atoms with van der Waals surface area (Å²) in [5.74, 6) is 0.191. The molecular weight excluding hydrogens is 170 g/mol. The van der Waals surface area contributed by atoms with Gasteiger partial charge in [-0.3, -0.25) is 4.79 Å². The number of aryl methyl sites for hydroxylation is 1. The highest BCUT2D eigenvalue weighted by molar-refractivity contribution is 5.05. The van der Waals surface area contributed by atoms with Crippen molar-refractivity contribution in [3.8, 4) is 5.88 Å². The highest BCUT2D eigenvalue weighted by atomic mass is 16.5. The Labute approximate surface area is 75.4 Å². The lowest BCUT2D eigenvalue weighted by Crippen LogP contribution is -2.51. The van der Waals surface area contributed by atoms with Crippen molar-refractivity contribution in [1.82, 2.24) is 14.9 Å². The third-order valence-electron chi connectivity index (χ3n) is 2.01. The molecule has 0 radical (unpaired) electrons. The Balaban J connectivity index is 2.19. The van der Waals surface area contributed by atoms with Crippen LogP contribution in [0.2, 0.25) is 0 Å². The molecule has 0 saturated carbocycles. The average molecular weight is 181 g/mol. The van der Waals surface area contributed by atoms with Crippen molar-refractivity contribution in [2.75, 3.05) is 13.1 Å². The number of ether oxygens (including phenoxy) is 1. The van der Waals surface area contributed by atoms with E-state index < -0.39 is 0 Å². The van der Waals surface area contributed by atoms with E-state index in [1.165, 1.54) is 4.57 Å². The normalized spacial score (nSPS) is 16.7. The molecule has 1 N–H and O–H groups in total. The van der Waals surface area contributed by atoms with E-state index in [0.29, 0.717) is 0 Å². The predicted octanol–water partition coefficient (Wildman–Crippen LogP) is -0.869. The standard InChI is InChI=1S/C8H11N3O2/c1-11-3-2-10-7(8(11)12)13-6-4-9-5-6/h2-3,6,9H,4-5H2,1H3. The predicted molar refractivity (Wildman–Crippen MR) is 46.8 cm³/mol. The first-order valence-electron chi connectivity index (χ1n) is 4.16. The molecule has 1 aromatic heterocycles. The Hall–Kier alpha value is -1.36. The van der Waals surface area contributed by atoms with E-state index in [9.17, 15) is 4.79 Å². The third-order valence-corrected chi connectivity index (χ3v) is 2.01. The minimum absolute atomic E-state index is 0.0996. The van der Waals surface area contributed by atoms with Crippen LogP contribution in [0, 0.1) is 0 Å². The molecule has 5 nitrogen and oxygen atoms in total. The van der Waals surface area contributed by atoms with Crippen LogP contribution < -0.4 is 15.6 Å². The number of aromatic nitrogens is 2. The largest absolute Gasteiger partial charge is 0.468 e. The minimum atomic E-state index is -0.186. The maximum atomic E-state index is 11.4. The van der Waals surface area contributed by atoms with Crippen molar-refractivity contribution >= 4 is 0 Å². The van der Waals surface area contributed by atoms with E-state index in [2.05, 4.69) is 10.3 Å². The molecule has 5 heteroatoms. The maximum Gasteiger partial charge on any atom is 0.313 e. The molecule has 0 unspecified atom stereocenters. The van der Waals surface area contributed by atoms with Crippen LogP contribution in [-0.2, 0) is 7.05 Å². The molecule has 13 heavy (non-hydrogen) atoms. The second-order valence-corrected chi connectivity index (χ2v) is 3.05. The van der Waals surface area contributed by atoms with Gasteiger partial charge in [0.2, 0.25) is 0 Å². The summed E-state index contributed by atoms with van der Waals surface area (Å²) in [5, 5.41) is 3.05. The fourth-order valence-electron chi connectivity index (χ4n) is 1.06. The van der Waals surface area contributed by atoms with Crippen molar-refractivity contribution in [1.29, 1.82) is 0 Å². The van der Waals surface area contributed by atoms with E-state index in [4.69, 9.17) is 4.74 Å². The van der Waals surface area contributed by atoms with Gasteiger partial charge in [-0.15, -0.1) is 0 Å². The smallest absolute Gasteiger partial charge is 0.313 e. The van der Waals surface area contributed by atoms with Gasteiger partial charge in [0.15, 0.2) is 0 Å². The number of hydrogen-bond donors (Lipinski definition) is 1. The lowest BCUT2D eigenvalue weighted by molar-refractivity contribution is 0.133. The lowest BCUT2D eigenvalue weighted by Gasteiger charge is -2.26. The van der Waals surface area contributed by atoms with Crippen LogP contribution >= 0.6 is 0 Å².